The fraction of sp³-hybridized carbons (Fsp3) is 0.280. The molecular formula is C25H26ClN3O5S. The van der Waals surface area contributed by atoms with E-state index in [1.807, 2.05) is 47.8 Å². The van der Waals surface area contributed by atoms with Crippen LogP contribution in [0.4, 0.5) is 5.69 Å². The maximum atomic E-state index is 13.5. The van der Waals surface area contributed by atoms with Gasteiger partial charge in [0.2, 0.25) is 5.91 Å². The molecule has 10 heteroatoms. The monoisotopic (exact) mass is 515 g/mol. The van der Waals surface area contributed by atoms with Crippen molar-refractivity contribution in [3.05, 3.63) is 97.2 Å². The van der Waals surface area contributed by atoms with Gasteiger partial charge in [-0.05, 0) is 35.6 Å². The van der Waals surface area contributed by atoms with E-state index >= 15 is 0 Å². The minimum absolute atomic E-state index is 0.0569. The van der Waals surface area contributed by atoms with Crippen LogP contribution < -0.4 is 0 Å². The summed E-state index contributed by atoms with van der Waals surface area (Å²) in [6.45, 7) is 1.30. The van der Waals surface area contributed by atoms with Gasteiger partial charge < -0.3 is 14.5 Å². The number of amides is 2. The fourth-order valence-corrected chi connectivity index (χ4v) is 4.42. The highest BCUT2D eigenvalue weighted by atomic mass is 35.5. The normalized spacial score (nSPS) is 10.7. The third-order valence-electron chi connectivity index (χ3n) is 5.28. The van der Waals surface area contributed by atoms with Crippen molar-refractivity contribution >= 4 is 40.4 Å². The molecule has 1 aromatic heterocycles. The number of thiophene rings is 1. The summed E-state index contributed by atoms with van der Waals surface area (Å²) in [4.78, 5) is 41.6. The molecule has 0 spiro atoms. The van der Waals surface area contributed by atoms with Gasteiger partial charge in [-0.25, -0.2) is 0 Å². The highest BCUT2D eigenvalue weighted by Gasteiger charge is 2.25. The van der Waals surface area contributed by atoms with E-state index in [0.717, 1.165) is 16.5 Å². The predicted molar refractivity (Wildman–Crippen MR) is 136 cm³/mol. The van der Waals surface area contributed by atoms with Crippen LogP contribution in [0.3, 0.4) is 0 Å². The number of hydrogen-bond donors (Lipinski definition) is 0. The molecule has 0 saturated carbocycles. The van der Waals surface area contributed by atoms with Crippen LogP contribution in [0.25, 0.3) is 0 Å². The number of nitro benzene ring substituents is 1. The summed E-state index contributed by atoms with van der Waals surface area (Å²) in [5.74, 6) is -0.707. The number of ether oxygens (including phenoxy) is 1. The first-order valence-electron chi connectivity index (χ1n) is 10.9. The molecule has 0 saturated heterocycles. The maximum Gasteiger partial charge on any atom is 0.288 e. The van der Waals surface area contributed by atoms with Crippen molar-refractivity contribution in [1.29, 1.82) is 0 Å². The van der Waals surface area contributed by atoms with Crippen LogP contribution in [-0.4, -0.2) is 53.3 Å². The van der Waals surface area contributed by atoms with Crippen LogP contribution >= 0.6 is 22.9 Å². The first kappa shape index (κ1) is 26.3. The summed E-state index contributed by atoms with van der Waals surface area (Å²) in [5.41, 5.74) is 0.714. The SMILES string of the molecule is COCCCN(CC(=O)N(Cc1ccccc1)Cc1cccs1)C(=O)c1ccc(Cl)c([N+](=O)[O-])c1. The molecule has 0 bridgehead atoms. The number of carbonyl (C=O) groups is 2. The number of benzene rings is 2. The van der Waals surface area contributed by atoms with E-state index < -0.39 is 10.8 Å². The van der Waals surface area contributed by atoms with Crippen molar-refractivity contribution in [3.8, 4) is 0 Å². The molecule has 0 aliphatic rings. The topological polar surface area (TPSA) is 93.0 Å². The van der Waals surface area contributed by atoms with Gasteiger partial charge in [0.15, 0.2) is 0 Å². The van der Waals surface area contributed by atoms with Crippen molar-refractivity contribution in [2.45, 2.75) is 19.5 Å². The van der Waals surface area contributed by atoms with Crippen LogP contribution in [0, 0.1) is 10.1 Å². The summed E-state index contributed by atoms with van der Waals surface area (Å²) >= 11 is 7.46. The third-order valence-corrected chi connectivity index (χ3v) is 6.46. The molecule has 3 aromatic rings. The number of hydrogen-bond acceptors (Lipinski definition) is 6. The van der Waals surface area contributed by atoms with E-state index in [4.69, 9.17) is 16.3 Å². The molecular weight excluding hydrogens is 490 g/mol. The highest BCUT2D eigenvalue weighted by Crippen LogP contribution is 2.26. The van der Waals surface area contributed by atoms with Gasteiger partial charge in [0, 0.05) is 43.3 Å². The van der Waals surface area contributed by atoms with Gasteiger partial charge in [-0.1, -0.05) is 48.0 Å². The average molecular weight is 516 g/mol. The minimum atomic E-state index is -0.637. The van der Waals surface area contributed by atoms with Crippen molar-refractivity contribution in [2.75, 3.05) is 26.8 Å². The number of methoxy groups -OCH3 is 1. The predicted octanol–water partition coefficient (Wildman–Crippen LogP) is 5.02. The molecule has 0 fully saturated rings. The molecule has 0 N–H and O–H groups in total. The molecule has 1 heterocycles. The Morgan fingerprint density at radius 2 is 1.83 bits per heavy atom. The molecule has 8 nitrogen and oxygen atoms in total. The summed E-state index contributed by atoms with van der Waals surface area (Å²) in [5, 5.41) is 13.2. The molecule has 0 aliphatic carbocycles. The van der Waals surface area contributed by atoms with Crippen molar-refractivity contribution in [1.82, 2.24) is 9.80 Å². The average Bonchev–Trinajstić information content (AvgIpc) is 3.36. The summed E-state index contributed by atoms with van der Waals surface area (Å²) in [7, 11) is 1.56. The van der Waals surface area contributed by atoms with Crippen molar-refractivity contribution in [3.63, 3.8) is 0 Å². The van der Waals surface area contributed by atoms with Crippen LogP contribution in [-0.2, 0) is 22.6 Å². The molecule has 2 amide bonds. The lowest BCUT2D eigenvalue weighted by atomic mass is 10.1. The van der Waals surface area contributed by atoms with E-state index in [-0.39, 0.29) is 35.3 Å². The molecule has 3 rings (SSSR count). The Balaban J connectivity index is 1.83. The van der Waals surface area contributed by atoms with E-state index in [1.54, 1.807) is 23.3 Å². The Kier molecular flexibility index (Phi) is 9.77. The third kappa shape index (κ3) is 7.61. The lowest BCUT2D eigenvalue weighted by molar-refractivity contribution is -0.384. The number of halogens is 1. The minimum Gasteiger partial charge on any atom is -0.385 e. The molecule has 0 aliphatic heterocycles. The molecule has 0 radical (unpaired) electrons. The Bertz CT molecular complexity index is 1140. The Labute approximate surface area is 212 Å². The first-order valence-corrected chi connectivity index (χ1v) is 12.2. The number of nitrogens with zero attached hydrogens (tertiary/aromatic N) is 3. The van der Waals surface area contributed by atoms with Gasteiger partial charge >= 0.3 is 0 Å². The summed E-state index contributed by atoms with van der Waals surface area (Å²) in [6.07, 6.45) is 0.509. The van der Waals surface area contributed by atoms with E-state index in [0.29, 0.717) is 26.1 Å². The van der Waals surface area contributed by atoms with E-state index in [1.165, 1.54) is 17.0 Å². The first-order chi connectivity index (χ1) is 16.9. The van der Waals surface area contributed by atoms with Crippen LogP contribution in [0.1, 0.15) is 27.2 Å². The lowest BCUT2D eigenvalue weighted by Crippen LogP contribution is -2.43. The van der Waals surface area contributed by atoms with Crippen molar-refractivity contribution in [2.24, 2.45) is 0 Å². The van der Waals surface area contributed by atoms with Gasteiger partial charge in [0.05, 0.1) is 11.5 Å². The van der Waals surface area contributed by atoms with Crippen molar-refractivity contribution < 1.29 is 19.2 Å². The van der Waals surface area contributed by atoms with Gasteiger partial charge in [-0.2, -0.15) is 0 Å². The van der Waals surface area contributed by atoms with Crippen LogP contribution in [0.15, 0.2) is 66.0 Å². The number of rotatable bonds is 12. The lowest BCUT2D eigenvalue weighted by Gasteiger charge is -2.28. The fourth-order valence-electron chi connectivity index (χ4n) is 3.51. The zero-order valence-electron chi connectivity index (χ0n) is 19.3. The van der Waals surface area contributed by atoms with Gasteiger partial charge in [0.25, 0.3) is 11.6 Å². The standard InChI is InChI=1S/C25H26ClN3O5S/c1-34-13-6-12-27(25(31)20-10-11-22(26)23(15-20)29(32)33)18-24(30)28(17-21-9-5-14-35-21)16-19-7-3-2-4-8-19/h2-5,7-11,14-15H,6,12-13,16-18H2,1H3. The van der Waals surface area contributed by atoms with E-state index in [2.05, 4.69) is 0 Å². The summed E-state index contributed by atoms with van der Waals surface area (Å²) < 4.78 is 5.11. The molecule has 0 atom stereocenters. The van der Waals surface area contributed by atoms with Crippen LogP contribution in [0.2, 0.25) is 5.02 Å². The Morgan fingerprint density at radius 3 is 2.49 bits per heavy atom. The molecule has 184 valence electrons. The Morgan fingerprint density at radius 1 is 1.06 bits per heavy atom. The zero-order chi connectivity index (χ0) is 25.2. The largest absolute Gasteiger partial charge is 0.385 e. The number of carbonyl (C=O) groups excluding carboxylic acids is 2. The molecule has 35 heavy (non-hydrogen) atoms. The van der Waals surface area contributed by atoms with Gasteiger partial charge in [0.1, 0.15) is 11.6 Å². The number of nitro groups is 1. The zero-order valence-corrected chi connectivity index (χ0v) is 20.8. The molecule has 2 aromatic carbocycles. The second-order valence-electron chi connectivity index (χ2n) is 7.81. The maximum absolute atomic E-state index is 13.5. The van der Waals surface area contributed by atoms with E-state index in [9.17, 15) is 19.7 Å². The second kappa shape index (κ2) is 13.0. The Hall–Kier alpha value is -3.27. The highest BCUT2D eigenvalue weighted by molar-refractivity contribution is 7.09. The second-order valence-corrected chi connectivity index (χ2v) is 9.25. The summed E-state index contributed by atoms with van der Waals surface area (Å²) in [6, 6.07) is 17.4. The van der Waals surface area contributed by atoms with Crippen LogP contribution in [0.5, 0.6) is 0 Å². The molecule has 0 unspecified atom stereocenters. The van der Waals surface area contributed by atoms with Gasteiger partial charge in [-0.15, -0.1) is 11.3 Å². The van der Waals surface area contributed by atoms with Gasteiger partial charge in [-0.3, -0.25) is 19.7 Å². The quantitative estimate of drug-likeness (QED) is 0.192. The smallest absolute Gasteiger partial charge is 0.288 e.